The second-order valence-electron chi connectivity index (χ2n) is 5.97. The van der Waals surface area contributed by atoms with Crippen LogP contribution in [0, 0.1) is 6.92 Å². The molecule has 9 heteroatoms. The van der Waals surface area contributed by atoms with E-state index >= 15 is 0 Å². The van der Waals surface area contributed by atoms with Gasteiger partial charge in [-0.05, 0) is 43.3 Å². The van der Waals surface area contributed by atoms with E-state index in [4.69, 9.17) is 5.73 Å². The van der Waals surface area contributed by atoms with E-state index in [1.165, 1.54) is 55.6 Å². The largest absolute Gasteiger partial charge is 0.418 e. The van der Waals surface area contributed by atoms with Crippen LogP contribution in [0.4, 0.5) is 18.9 Å². The van der Waals surface area contributed by atoms with Gasteiger partial charge in [-0.25, -0.2) is 4.68 Å². The lowest BCUT2D eigenvalue weighted by Gasteiger charge is -2.14. The van der Waals surface area contributed by atoms with Crippen molar-refractivity contribution in [2.75, 3.05) is 5.32 Å². The summed E-state index contributed by atoms with van der Waals surface area (Å²) in [5.41, 5.74) is 5.20. The van der Waals surface area contributed by atoms with Crippen molar-refractivity contribution >= 4 is 17.5 Å². The van der Waals surface area contributed by atoms with Crippen molar-refractivity contribution in [3.8, 4) is 5.69 Å². The lowest BCUT2D eigenvalue weighted by atomic mass is 10.1. The molecule has 0 fully saturated rings. The van der Waals surface area contributed by atoms with Gasteiger partial charge in [0.25, 0.3) is 5.91 Å². The number of carbonyl (C=O) groups excluding carboxylic acids is 2. The lowest BCUT2D eigenvalue weighted by Crippen LogP contribution is -2.15. The van der Waals surface area contributed by atoms with Crippen LogP contribution in [-0.2, 0) is 6.18 Å². The molecule has 0 aliphatic rings. The summed E-state index contributed by atoms with van der Waals surface area (Å²) >= 11 is 0. The van der Waals surface area contributed by atoms with Gasteiger partial charge >= 0.3 is 6.18 Å². The average molecular weight is 388 g/mol. The van der Waals surface area contributed by atoms with Gasteiger partial charge in [-0.1, -0.05) is 12.1 Å². The first-order valence-corrected chi connectivity index (χ1v) is 8.11. The van der Waals surface area contributed by atoms with Crippen LogP contribution in [-0.4, -0.2) is 21.6 Å². The smallest absolute Gasteiger partial charge is 0.366 e. The maximum absolute atomic E-state index is 13.3. The Morgan fingerprint density at radius 2 is 1.71 bits per heavy atom. The lowest BCUT2D eigenvalue weighted by molar-refractivity contribution is -0.137. The predicted octanol–water partition coefficient (Wildman–Crippen LogP) is 3.55. The molecule has 2 aromatic carbocycles. The number of aromatic nitrogens is 2. The zero-order chi connectivity index (χ0) is 20.5. The molecule has 0 spiro atoms. The summed E-state index contributed by atoms with van der Waals surface area (Å²) < 4.78 is 40.8. The van der Waals surface area contributed by atoms with Gasteiger partial charge in [0, 0.05) is 11.3 Å². The number of nitrogens with one attached hydrogen (secondary N) is 1. The maximum atomic E-state index is 13.3. The first kappa shape index (κ1) is 19.2. The van der Waals surface area contributed by atoms with Crippen LogP contribution in [0.3, 0.4) is 0 Å². The van der Waals surface area contributed by atoms with Gasteiger partial charge in [0.15, 0.2) is 0 Å². The third-order valence-electron chi connectivity index (χ3n) is 4.12. The summed E-state index contributed by atoms with van der Waals surface area (Å²) in [6.45, 7) is 1.51. The molecule has 0 radical (unpaired) electrons. The average Bonchev–Trinajstić information content (AvgIpc) is 3.03. The molecule has 144 valence electrons. The molecule has 3 rings (SSSR count). The quantitative estimate of drug-likeness (QED) is 0.716. The second-order valence-corrected chi connectivity index (χ2v) is 5.97. The molecule has 0 bridgehead atoms. The molecule has 1 heterocycles. The fourth-order valence-electron chi connectivity index (χ4n) is 2.69. The standard InChI is InChI=1S/C19H15F3N4O2/c1-11-14(18(28)25-13-8-6-12(7-9-13)17(23)27)10-24-26(11)16-5-3-2-4-15(16)19(20,21)22/h2-10H,1H3,(H2,23,27)(H,25,28). The predicted molar refractivity (Wildman–Crippen MR) is 96.2 cm³/mol. The van der Waals surface area contributed by atoms with Crippen LogP contribution >= 0.6 is 0 Å². The van der Waals surface area contributed by atoms with E-state index in [0.717, 1.165) is 10.7 Å². The fraction of sp³-hybridized carbons (Fsp3) is 0.105. The van der Waals surface area contributed by atoms with Gasteiger partial charge < -0.3 is 11.1 Å². The van der Waals surface area contributed by atoms with E-state index < -0.39 is 23.6 Å². The van der Waals surface area contributed by atoms with Crippen molar-refractivity contribution in [3.05, 3.63) is 77.1 Å². The fourth-order valence-corrected chi connectivity index (χ4v) is 2.69. The Morgan fingerprint density at radius 3 is 2.32 bits per heavy atom. The molecule has 3 N–H and O–H groups in total. The highest BCUT2D eigenvalue weighted by Crippen LogP contribution is 2.34. The van der Waals surface area contributed by atoms with E-state index in [2.05, 4.69) is 10.4 Å². The topological polar surface area (TPSA) is 90.0 Å². The number of anilines is 1. The molecule has 0 aliphatic carbocycles. The number of para-hydroxylation sites is 1. The van der Waals surface area contributed by atoms with Gasteiger partial charge in [0.1, 0.15) is 0 Å². The van der Waals surface area contributed by atoms with Crippen LogP contribution in [0.2, 0.25) is 0 Å². The highest BCUT2D eigenvalue weighted by Gasteiger charge is 2.34. The van der Waals surface area contributed by atoms with Crippen LogP contribution in [0.15, 0.2) is 54.7 Å². The highest BCUT2D eigenvalue weighted by atomic mass is 19.4. The van der Waals surface area contributed by atoms with Gasteiger partial charge in [-0.3, -0.25) is 9.59 Å². The minimum absolute atomic E-state index is 0.121. The van der Waals surface area contributed by atoms with Crippen LogP contribution < -0.4 is 11.1 Å². The summed E-state index contributed by atoms with van der Waals surface area (Å²) in [4.78, 5) is 23.6. The van der Waals surface area contributed by atoms with Crippen molar-refractivity contribution in [3.63, 3.8) is 0 Å². The number of nitrogens with zero attached hydrogens (tertiary/aromatic N) is 2. The van der Waals surface area contributed by atoms with E-state index in [1.54, 1.807) is 0 Å². The minimum Gasteiger partial charge on any atom is -0.366 e. The molecule has 1 aromatic heterocycles. The number of rotatable bonds is 4. The van der Waals surface area contributed by atoms with Crippen LogP contribution in [0.25, 0.3) is 5.69 Å². The molecule has 0 saturated heterocycles. The van der Waals surface area contributed by atoms with E-state index in [-0.39, 0.29) is 22.5 Å². The zero-order valence-corrected chi connectivity index (χ0v) is 14.6. The molecular formula is C19H15F3N4O2. The Hall–Kier alpha value is -3.62. The monoisotopic (exact) mass is 388 g/mol. The highest BCUT2D eigenvalue weighted by molar-refractivity contribution is 6.05. The number of hydrogen-bond acceptors (Lipinski definition) is 3. The molecule has 0 unspecified atom stereocenters. The van der Waals surface area contributed by atoms with Crippen molar-refractivity contribution in [2.45, 2.75) is 13.1 Å². The normalized spacial score (nSPS) is 11.3. The third-order valence-corrected chi connectivity index (χ3v) is 4.12. The number of halogens is 3. The summed E-state index contributed by atoms with van der Waals surface area (Å²) in [5.74, 6) is -1.14. The number of amides is 2. The summed E-state index contributed by atoms with van der Waals surface area (Å²) in [6, 6.07) is 10.9. The van der Waals surface area contributed by atoms with Gasteiger partial charge in [-0.2, -0.15) is 18.3 Å². The molecule has 2 amide bonds. The Labute approximate surface area is 157 Å². The molecule has 0 atom stereocenters. The van der Waals surface area contributed by atoms with Gasteiger partial charge in [-0.15, -0.1) is 0 Å². The molecule has 28 heavy (non-hydrogen) atoms. The first-order chi connectivity index (χ1) is 13.2. The number of primary amides is 1. The molecule has 3 aromatic rings. The SMILES string of the molecule is Cc1c(C(=O)Nc2ccc(C(N)=O)cc2)cnn1-c1ccccc1C(F)(F)F. The molecule has 0 aliphatic heterocycles. The van der Waals surface area contributed by atoms with Gasteiger partial charge in [0.05, 0.1) is 28.7 Å². The van der Waals surface area contributed by atoms with E-state index in [1.807, 2.05) is 0 Å². The summed E-state index contributed by atoms with van der Waals surface area (Å²) in [6.07, 6.45) is -3.35. The Kier molecular flexibility index (Phi) is 4.91. The number of nitrogens with two attached hydrogens (primary N) is 1. The molecular weight excluding hydrogens is 373 g/mol. The zero-order valence-electron chi connectivity index (χ0n) is 14.6. The Balaban J connectivity index is 1.89. The van der Waals surface area contributed by atoms with Crippen molar-refractivity contribution in [1.29, 1.82) is 0 Å². The van der Waals surface area contributed by atoms with Crippen molar-refractivity contribution in [1.82, 2.24) is 9.78 Å². The Bertz CT molecular complexity index is 1040. The second kappa shape index (κ2) is 7.18. The summed E-state index contributed by atoms with van der Waals surface area (Å²) in [7, 11) is 0. The van der Waals surface area contributed by atoms with Crippen molar-refractivity contribution in [2.24, 2.45) is 5.73 Å². The Morgan fingerprint density at radius 1 is 1.07 bits per heavy atom. The summed E-state index contributed by atoms with van der Waals surface area (Å²) in [5, 5.41) is 6.56. The molecule has 0 saturated carbocycles. The van der Waals surface area contributed by atoms with E-state index in [0.29, 0.717) is 5.69 Å². The first-order valence-electron chi connectivity index (χ1n) is 8.11. The number of hydrogen-bond donors (Lipinski definition) is 2. The maximum Gasteiger partial charge on any atom is 0.418 e. The van der Waals surface area contributed by atoms with Crippen LogP contribution in [0.1, 0.15) is 32.0 Å². The van der Waals surface area contributed by atoms with Gasteiger partial charge in [0.2, 0.25) is 5.91 Å². The van der Waals surface area contributed by atoms with Crippen molar-refractivity contribution < 1.29 is 22.8 Å². The minimum atomic E-state index is -4.56. The number of benzene rings is 2. The third kappa shape index (κ3) is 3.73. The number of carbonyl (C=O) groups is 2. The van der Waals surface area contributed by atoms with E-state index in [9.17, 15) is 22.8 Å². The number of alkyl halides is 3. The molecule has 6 nitrogen and oxygen atoms in total. The van der Waals surface area contributed by atoms with Crippen LogP contribution in [0.5, 0.6) is 0 Å².